The zero-order chi connectivity index (χ0) is 16.6. The predicted octanol–water partition coefficient (Wildman–Crippen LogP) is 2.49. The minimum absolute atomic E-state index is 0.121. The third-order valence-corrected chi connectivity index (χ3v) is 3.81. The lowest BCUT2D eigenvalue weighted by Crippen LogP contribution is -2.24. The van der Waals surface area contributed by atoms with Crippen LogP contribution < -0.4 is 11.2 Å². The molecule has 5 nitrogen and oxygen atoms in total. The highest BCUT2D eigenvalue weighted by Crippen LogP contribution is 2.19. The average Bonchev–Trinajstić information content (AvgIpc) is 2.50. The summed E-state index contributed by atoms with van der Waals surface area (Å²) in [4.78, 5) is 24.1. The summed E-state index contributed by atoms with van der Waals surface area (Å²) in [6, 6.07) is 10.6. The van der Waals surface area contributed by atoms with Crippen LogP contribution in [0.1, 0.15) is 22.3 Å². The first-order valence-electron chi connectivity index (χ1n) is 7.13. The third-order valence-electron chi connectivity index (χ3n) is 3.81. The molecule has 2 aromatic heterocycles. The number of benzene rings is 1. The highest BCUT2D eigenvalue weighted by molar-refractivity contribution is 5.80. The maximum absolute atomic E-state index is 12.3. The van der Waals surface area contributed by atoms with Gasteiger partial charge in [-0.25, -0.2) is 4.79 Å². The van der Waals surface area contributed by atoms with Crippen molar-refractivity contribution in [3.8, 4) is 6.07 Å². The van der Waals surface area contributed by atoms with Gasteiger partial charge in [-0.05, 0) is 42.7 Å². The van der Waals surface area contributed by atoms with E-state index < -0.39 is 5.63 Å². The SMILES string of the molecule is Cc1ccc2c(Cn3ccc(C)c(C#N)c3=O)cc(=O)oc2c1. The van der Waals surface area contributed by atoms with E-state index in [4.69, 9.17) is 9.68 Å². The molecule has 0 unspecified atom stereocenters. The molecule has 0 bridgehead atoms. The summed E-state index contributed by atoms with van der Waals surface area (Å²) in [5.74, 6) is 0. The number of pyridine rings is 1. The zero-order valence-electron chi connectivity index (χ0n) is 12.8. The Bertz CT molecular complexity index is 1070. The quantitative estimate of drug-likeness (QED) is 0.682. The van der Waals surface area contributed by atoms with Crippen LogP contribution in [-0.4, -0.2) is 4.57 Å². The van der Waals surface area contributed by atoms with Crippen molar-refractivity contribution < 1.29 is 4.42 Å². The van der Waals surface area contributed by atoms with Crippen LogP contribution in [0.5, 0.6) is 0 Å². The first kappa shape index (κ1) is 14.8. The maximum atomic E-state index is 12.3. The number of rotatable bonds is 2. The van der Waals surface area contributed by atoms with E-state index in [1.165, 1.54) is 10.6 Å². The minimum Gasteiger partial charge on any atom is -0.423 e. The molecule has 0 saturated carbocycles. The molecule has 0 aliphatic heterocycles. The van der Waals surface area contributed by atoms with Crippen LogP contribution in [0.3, 0.4) is 0 Å². The van der Waals surface area contributed by atoms with E-state index in [2.05, 4.69) is 0 Å². The molecule has 0 N–H and O–H groups in total. The van der Waals surface area contributed by atoms with Crippen LogP contribution in [-0.2, 0) is 6.54 Å². The standard InChI is InChI=1S/C18H14N2O3/c1-11-3-4-14-13(8-17(21)23-16(14)7-11)10-20-6-5-12(2)15(9-19)18(20)22/h3-8H,10H2,1-2H3. The van der Waals surface area contributed by atoms with Crippen LogP contribution in [0.2, 0.25) is 0 Å². The van der Waals surface area contributed by atoms with Gasteiger partial charge in [-0.15, -0.1) is 0 Å². The van der Waals surface area contributed by atoms with Crippen molar-refractivity contribution in [1.82, 2.24) is 4.57 Å². The van der Waals surface area contributed by atoms with Gasteiger partial charge in [0.25, 0.3) is 5.56 Å². The monoisotopic (exact) mass is 306 g/mol. The molecule has 114 valence electrons. The van der Waals surface area contributed by atoms with E-state index in [-0.39, 0.29) is 17.7 Å². The summed E-state index contributed by atoms with van der Waals surface area (Å²) in [5, 5.41) is 9.89. The van der Waals surface area contributed by atoms with Crippen molar-refractivity contribution in [3.63, 3.8) is 0 Å². The molecule has 0 amide bonds. The largest absolute Gasteiger partial charge is 0.423 e. The van der Waals surface area contributed by atoms with E-state index in [0.29, 0.717) is 16.7 Å². The van der Waals surface area contributed by atoms with Gasteiger partial charge in [0.15, 0.2) is 0 Å². The second kappa shape index (κ2) is 5.58. The van der Waals surface area contributed by atoms with E-state index in [9.17, 15) is 9.59 Å². The topological polar surface area (TPSA) is 76.0 Å². The van der Waals surface area contributed by atoms with Gasteiger partial charge in [-0.3, -0.25) is 4.79 Å². The second-order valence-electron chi connectivity index (χ2n) is 5.51. The highest BCUT2D eigenvalue weighted by atomic mass is 16.4. The number of hydrogen-bond donors (Lipinski definition) is 0. The molecule has 0 spiro atoms. The van der Waals surface area contributed by atoms with Gasteiger partial charge in [0, 0.05) is 17.6 Å². The predicted molar refractivity (Wildman–Crippen MR) is 86.5 cm³/mol. The molecule has 0 saturated heterocycles. The summed E-state index contributed by atoms with van der Waals surface area (Å²) < 4.78 is 6.65. The Kier molecular flexibility index (Phi) is 3.59. The molecule has 23 heavy (non-hydrogen) atoms. The Balaban J connectivity index is 2.19. The summed E-state index contributed by atoms with van der Waals surface area (Å²) in [5.41, 5.74) is 2.11. The molecule has 0 aliphatic carbocycles. The molecule has 2 heterocycles. The molecular formula is C18H14N2O3. The number of nitrogens with zero attached hydrogens (tertiary/aromatic N) is 2. The maximum Gasteiger partial charge on any atom is 0.336 e. The molecule has 1 aromatic carbocycles. The summed E-state index contributed by atoms with van der Waals surface area (Å²) in [6.45, 7) is 3.84. The average molecular weight is 306 g/mol. The van der Waals surface area contributed by atoms with Crippen molar-refractivity contribution in [3.05, 3.63) is 79.6 Å². The van der Waals surface area contributed by atoms with E-state index >= 15 is 0 Å². The fraction of sp³-hybridized carbons (Fsp3) is 0.167. The Morgan fingerprint density at radius 3 is 2.70 bits per heavy atom. The van der Waals surface area contributed by atoms with Gasteiger partial charge in [0.1, 0.15) is 17.2 Å². The number of aryl methyl sites for hydroxylation is 2. The third kappa shape index (κ3) is 2.67. The van der Waals surface area contributed by atoms with E-state index in [1.807, 2.05) is 25.1 Å². The van der Waals surface area contributed by atoms with Gasteiger partial charge < -0.3 is 8.98 Å². The van der Waals surface area contributed by atoms with Crippen LogP contribution in [0, 0.1) is 25.2 Å². The van der Waals surface area contributed by atoms with Crippen LogP contribution in [0.25, 0.3) is 11.0 Å². The fourth-order valence-corrected chi connectivity index (χ4v) is 2.58. The Labute approximate surface area is 132 Å². The van der Waals surface area contributed by atoms with Crippen molar-refractivity contribution >= 4 is 11.0 Å². The highest BCUT2D eigenvalue weighted by Gasteiger charge is 2.10. The summed E-state index contributed by atoms with van der Waals surface area (Å²) in [6.07, 6.45) is 1.63. The van der Waals surface area contributed by atoms with Gasteiger partial charge in [0.2, 0.25) is 0 Å². The van der Waals surface area contributed by atoms with Crippen molar-refractivity contribution in [2.24, 2.45) is 0 Å². The molecule has 3 rings (SSSR count). The van der Waals surface area contributed by atoms with E-state index in [1.54, 1.807) is 25.3 Å². The second-order valence-corrected chi connectivity index (χ2v) is 5.51. The normalized spacial score (nSPS) is 10.7. The molecule has 5 heteroatoms. The van der Waals surface area contributed by atoms with Gasteiger partial charge in [0.05, 0.1) is 6.54 Å². The lowest BCUT2D eigenvalue weighted by molar-refractivity contribution is 0.557. The molecule has 0 fully saturated rings. The molecule has 3 aromatic rings. The number of hydrogen-bond acceptors (Lipinski definition) is 4. The Morgan fingerprint density at radius 1 is 1.17 bits per heavy atom. The van der Waals surface area contributed by atoms with Crippen molar-refractivity contribution in [1.29, 1.82) is 5.26 Å². The zero-order valence-corrected chi connectivity index (χ0v) is 12.8. The molecule has 0 atom stereocenters. The number of nitriles is 1. The fourth-order valence-electron chi connectivity index (χ4n) is 2.58. The molecule has 0 aliphatic rings. The van der Waals surface area contributed by atoms with Crippen LogP contribution >= 0.6 is 0 Å². The summed E-state index contributed by atoms with van der Waals surface area (Å²) >= 11 is 0. The number of fused-ring (bicyclic) bond motifs is 1. The minimum atomic E-state index is -0.459. The lowest BCUT2D eigenvalue weighted by atomic mass is 10.1. The lowest BCUT2D eigenvalue weighted by Gasteiger charge is -2.09. The van der Waals surface area contributed by atoms with Crippen LogP contribution in [0.4, 0.5) is 0 Å². The van der Waals surface area contributed by atoms with E-state index in [0.717, 1.165) is 10.9 Å². The summed E-state index contributed by atoms with van der Waals surface area (Å²) in [7, 11) is 0. The first-order valence-corrected chi connectivity index (χ1v) is 7.13. The molecule has 0 radical (unpaired) electrons. The van der Waals surface area contributed by atoms with Crippen molar-refractivity contribution in [2.45, 2.75) is 20.4 Å². The Morgan fingerprint density at radius 2 is 1.96 bits per heavy atom. The van der Waals surface area contributed by atoms with Gasteiger partial charge in [-0.2, -0.15) is 5.26 Å². The van der Waals surface area contributed by atoms with Crippen molar-refractivity contribution in [2.75, 3.05) is 0 Å². The number of aromatic nitrogens is 1. The Hall–Kier alpha value is -3.13. The molecular weight excluding hydrogens is 292 g/mol. The van der Waals surface area contributed by atoms with Gasteiger partial charge in [-0.1, -0.05) is 12.1 Å². The van der Waals surface area contributed by atoms with Gasteiger partial charge >= 0.3 is 5.63 Å². The van der Waals surface area contributed by atoms with Crippen LogP contribution in [0.15, 0.2) is 50.5 Å². The smallest absolute Gasteiger partial charge is 0.336 e. The first-order chi connectivity index (χ1) is 11.0.